The Bertz CT molecular complexity index is 844. The van der Waals surface area contributed by atoms with Crippen molar-refractivity contribution in [3.05, 3.63) is 42.2 Å². The lowest BCUT2D eigenvalue weighted by Crippen LogP contribution is -2.34. The average molecular weight is 328 g/mol. The summed E-state index contributed by atoms with van der Waals surface area (Å²) in [6, 6.07) is 9.27. The number of aliphatic hydroxyl groups excluding tert-OH is 2. The SMILES string of the molecule is Nc1ncc(-c2cc3ccccc3o2)nc1C(=O)NC[C@H](O)CO. The van der Waals surface area contributed by atoms with Crippen molar-refractivity contribution >= 4 is 22.7 Å². The summed E-state index contributed by atoms with van der Waals surface area (Å²) in [5.41, 5.74) is 6.70. The van der Waals surface area contributed by atoms with Gasteiger partial charge in [0.25, 0.3) is 5.91 Å². The van der Waals surface area contributed by atoms with Gasteiger partial charge in [-0.05, 0) is 12.1 Å². The lowest BCUT2D eigenvalue weighted by molar-refractivity contribution is 0.0799. The highest BCUT2D eigenvalue weighted by molar-refractivity contribution is 5.96. The minimum Gasteiger partial charge on any atom is -0.454 e. The molecule has 5 N–H and O–H groups in total. The Labute approximate surface area is 137 Å². The van der Waals surface area contributed by atoms with Crippen LogP contribution in [0.3, 0.4) is 0 Å². The van der Waals surface area contributed by atoms with E-state index >= 15 is 0 Å². The minimum atomic E-state index is -1.05. The predicted molar refractivity (Wildman–Crippen MR) is 87.1 cm³/mol. The maximum absolute atomic E-state index is 12.1. The van der Waals surface area contributed by atoms with Gasteiger partial charge in [-0.2, -0.15) is 0 Å². The average Bonchev–Trinajstić information content (AvgIpc) is 3.03. The van der Waals surface area contributed by atoms with Gasteiger partial charge in [0, 0.05) is 11.9 Å². The molecular formula is C16H16N4O4. The van der Waals surface area contributed by atoms with Crippen molar-refractivity contribution in [1.29, 1.82) is 0 Å². The third-order valence-electron chi connectivity index (χ3n) is 3.40. The van der Waals surface area contributed by atoms with Gasteiger partial charge in [-0.1, -0.05) is 18.2 Å². The number of nitrogens with one attached hydrogen (secondary N) is 1. The molecule has 0 saturated heterocycles. The number of aliphatic hydroxyl groups is 2. The topological polar surface area (TPSA) is 134 Å². The fraction of sp³-hybridized carbons (Fsp3) is 0.188. The molecule has 0 fully saturated rings. The highest BCUT2D eigenvalue weighted by Gasteiger charge is 2.17. The van der Waals surface area contributed by atoms with Crippen LogP contribution in [0.5, 0.6) is 0 Å². The van der Waals surface area contributed by atoms with Gasteiger partial charge >= 0.3 is 0 Å². The first-order chi connectivity index (χ1) is 11.6. The van der Waals surface area contributed by atoms with Crippen molar-refractivity contribution < 1.29 is 19.4 Å². The number of benzene rings is 1. The summed E-state index contributed by atoms with van der Waals surface area (Å²) in [6.07, 6.45) is 0.369. The molecule has 0 aliphatic carbocycles. The Hall–Kier alpha value is -2.97. The molecular weight excluding hydrogens is 312 g/mol. The summed E-state index contributed by atoms with van der Waals surface area (Å²) in [7, 11) is 0. The smallest absolute Gasteiger partial charge is 0.273 e. The maximum Gasteiger partial charge on any atom is 0.273 e. The summed E-state index contributed by atoms with van der Waals surface area (Å²) in [6.45, 7) is -0.578. The molecule has 2 heterocycles. The standard InChI is InChI=1S/C16H16N4O4/c17-15-14(16(23)19-6-10(22)8-21)20-11(7-18-15)13-5-9-3-1-2-4-12(9)24-13/h1-5,7,10,21-22H,6,8H2,(H2,17,18)(H,19,23)/t10-/m0/s1. The number of furan rings is 1. The number of nitrogens with zero attached hydrogens (tertiary/aromatic N) is 2. The zero-order valence-corrected chi connectivity index (χ0v) is 12.6. The third-order valence-corrected chi connectivity index (χ3v) is 3.40. The van der Waals surface area contributed by atoms with Crippen molar-refractivity contribution in [1.82, 2.24) is 15.3 Å². The molecule has 2 aromatic heterocycles. The van der Waals surface area contributed by atoms with Crippen LogP contribution < -0.4 is 11.1 Å². The van der Waals surface area contributed by atoms with Crippen LogP contribution in [0.15, 0.2) is 40.9 Å². The summed E-state index contributed by atoms with van der Waals surface area (Å²) in [4.78, 5) is 20.3. The van der Waals surface area contributed by atoms with E-state index in [0.29, 0.717) is 17.0 Å². The predicted octanol–water partition coefficient (Wildman–Crippen LogP) is 0.555. The normalized spacial score (nSPS) is 12.2. The second-order valence-electron chi connectivity index (χ2n) is 5.18. The Morgan fingerprint density at radius 2 is 2.17 bits per heavy atom. The molecule has 8 nitrogen and oxygen atoms in total. The second-order valence-corrected chi connectivity index (χ2v) is 5.18. The highest BCUT2D eigenvalue weighted by atomic mass is 16.3. The minimum absolute atomic E-state index is 0.0363. The van der Waals surface area contributed by atoms with E-state index in [1.807, 2.05) is 24.3 Å². The molecule has 0 unspecified atom stereocenters. The van der Waals surface area contributed by atoms with E-state index in [4.69, 9.17) is 15.3 Å². The molecule has 0 saturated carbocycles. The first-order valence-corrected chi connectivity index (χ1v) is 7.27. The molecule has 0 aliphatic rings. The molecule has 0 radical (unpaired) electrons. The number of aromatic nitrogens is 2. The molecule has 3 rings (SSSR count). The van der Waals surface area contributed by atoms with Crippen molar-refractivity contribution in [2.45, 2.75) is 6.10 Å². The van der Waals surface area contributed by atoms with Crippen LogP contribution in [0.4, 0.5) is 5.82 Å². The Morgan fingerprint density at radius 3 is 2.92 bits per heavy atom. The van der Waals surface area contributed by atoms with Crippen LogP contribution in [0.25, 0.3) is 22.4 Å². The zero-order chi connectivity index (χ0) is 17.1. The summed E-state index contributed by atoms with van der Waals surface area (Å²) in [5.74, 6) is -0.163. The van der Waals surface area contributed by atoms with E-state index in [9.17, 15) is 9.90 Å². The van der Waals surface area contributed by atoms with Gasteiger partial charge < -0.3 is 25.7 Å². The van der Waals surface area contributed by atoms with Crippen molar-refractivity contribution in [2.24, 2.45) is 0 Å². The zero-order valence-electron chi connectivity index (χ0n) is 12.6. The largest absolute Gasteiger partial charge is 0.454 e. The van der Waals surface area contributed by atoms with Crippen LogP contribution in [0.2, 0.25) is 0 Å². The van der Waals surface area contributed by atoms with E-state index in [1.165, 1.54) is 6.20 Å². The number of para-hydroxylation sites is 1. The van der Waals surface area contributed by atoms with Gasteiger partial charge in [-0.3, -0.25) is 4.79 Å². The number of hydrogen-bond acceptors (Lipinski definition) is 7. The number of hydrogen-bond donors (Lipinski definition) is 4. The van der Waals surface area contributed by atoms with Gasteiger partial charge in [0.1, 0.15) is 11.3 Å². The van der Waals surface area contributed by atoms with Crippen LogP contribution in [-0.2, 0) is 0 Å². The summed E-state index contributed by atoms with van der Waals surface area (Å²) >= 11 is 0. The monoisotopic (exact) mass is 328 g/mol. The number of carbonyl (C=O) groups excluding carboxylic acids is 1. The van der Waals surface area contributed by atoms with E-state index in [1.54, 1.807) is 6.07 Å². The molecule has 1 amide bonds. The van der Waals surface area contributed by atoms with Crippen LogP contribution in [0.1, 0.15) is 10.5 Å². The van der Waals surface area contributed by atoms with Gasteiger partial charge in [-0.25, -0.2) is 9.97 Å². The number of nitrogen functional groups attached to an aromatic ring is 1. The van der Waals surface area contributed by atoms with Crippen molar-refractivity contribution in [3.63, 3.8) is 0 Å². The Morgan fingerprint density at radius 1 is 1.38 bits per heavy atom. The number of anilines is 1. The van der Waals surface area contributed by atoms with E-state index in [-0.39, 0.29) is 18.1 Å². The molecule has 0 bridgehead atoms. The maximum atomic E-state index is 12.1. The van der Waals surface area contributed by atoms with Gasteiger partial charge in [-0.15, -0.1) is 0 Å². The van der Waals surface area contributed by atoms with Crippen molar-refractivity contribution in [3.8, 4) is 11.5 Å². The first kappa shape index (κ1) is 15.9. The van der Waals surface area contributed by atoms with E-state index in [0.717, 1.165) is 5.39 Å². The number of carbonyl (C=O) groups is 1. The van der Waals surface area contributed by atoms with Crippen LogP contribution >= 0.6 is 0 Å². The fourth-order valence-corrected chi connectivity index (χ4v) is 2.15. The molecule has 1 aromatic carbocycles. The molecule has 8 heteroatoms. The van der Waals surface area contributed by atoms with E-state index < -0.39 is 18.6 Å². The lowest BCUT2D eigenvalue weighted by Gasteiger charge is -2.10. The number of rotatable bonds is 5. The lowest BCUT2D eigenvalue weighted by atomic mass is 10.2. The fourth-order valence-electron chi connectivity index (χ4n) is 2.15. The number of fused-ring (bicyclic) bond motifs is 1. The molecule has 3 aromatic rings. The molecule has 1 atom stereocenters. The Kier molecular flexibility index (Phi) is 4.41. The Balaban J connectivity index is 1.89. The molecule has 0 spiro atoms. The third kappa shape index (κ3) is 3.19. The summed E-state index contributed by atoms with van der Waals surface area (Å²) in [5, 5.41) is 21.4. The number of amides is 1. The molecule has 24 heavy (non-hydrogen) atoms. The molecule has 0 aliphatic heterocycles. The van der Waals surface area contributed by atoms with Gasteiger partial charge in [0.2, 0.25) is 0 Å². The van der Waals surface area contributed by atoms with Crippen LogP contribution in [-0.4, -0.2) is 45.3 Å². The molecule has 124 valence electrons. The highest BCUT2D eigenvalue weighted by Crippen LogP contribution is 2.26. The van der Waals surface area contributed by atoms with Gasteiger partial charge in [0.15, 0.2) is 17.3 Å². The van der Waals surface area contributed by atoms with E-state index in [2.05, 4.69) is 15.3 Å². The second kappa shape index (κ2) is 6.65. The van der Waals surface area contributed by atoms with Crippen molar-refractivity contribution in [2.75, 3.05) is 18.9 Å². The quantitative estimate of drug-likeness (QED) is 0.537. The first-order valence-electron chi connectivity index (χ1n) is 7.27. The van der Waals surface area contributed by atoms with Gasteiger partial charge in [0.05, 0.1) is 18.9 Å². The number of nitrogens with two attached hydrogens (primary N) is 1. The van der Waals surface area contributed by atoms with Crippen LogP contribution in [0, 0.1) is 0 Å². The summed E-state index contributed by atoms with van der Waals surface area (Å²) < 4.78 is 5.70.